The highest BCUT2D eigenvalue weighted by atomic mass is 19.4. The number of hydrogen-bond acceptors (Lipinski definition) is 5. The smallest absolute Gasteiger partial charge is 0.416 e. The molecular formula is C22H27F3N5O5+. The van der Waals surface area contributed by atoms with E-state index in [9.17, 15) is 32.7 Å². The average molecular weight is 498 g/mol. The second-order valence-corrected chi connectivity index (χ2v) is 9.16. The number of hydrogen-bond donors (Lipinski definition) is 3. The van der Waals surface area contributed by atoms with Crippen molar-refractivity contribution in [2.24, 2.45) is 5.92 Å². The Hall–Kier alpha value is -3.35. The molecule has 1 saturated heterocycles. The highest BCUT2D eigenvalue weighted by Gasteiger charge is 2.44. The number of halogens is 3. The van der Waals surface area contributed by atoms with Gasteiger partial charge in [0.1, 0.15) is 0 Å². The van der Waals surface area contributed by atoms with Gasteiger partial charge in [-0.3, -0.25) is 9.59 Å². The number of aromatic hydroxyl groups is 1. The Kier molecular flexibility index (Phi) is 6.62. The first-order valence-corrected chi connectivity index (χ1v) is 11.3. The van der Waals surface area contributed by atoms with E-state index in [2.05, 4.69) is 10.4 Å². The third-order valence-electron chi connectivity index (χ3n) is 5.81. The van der Waals surface area contributed by atoms with Crippen LogP contribution in [0.15, 0.2) is 17.1 Å². The number of amides is 2. The number of alkyl halides is 3. The van der Waals surface area contributed by atoms with Crippen molar-refractivity contribution in [1.82, 2.24) is 19.8 Å². The summed E-state index contributed by atoms with van der Waals surface area (Å²) in [6, 6.07) is -0.0224. The van der Waals surface area contributed by atoms with Crippen LogP contribution in [-0.4, -0.2) is 69.5 Å². The first-order valence-electron chi connectivity index (χ1n) is 11.3. The van der Waals surface area contributed by atoms with Crippen LogP contribution in [0.2, 0.25) is 0 Å². The molecule has 0 radical (unpaired) electrons. The van der Waals surface area contributed by atoms with E-state index in [1.165, 1.54) is 16.8 Å². The Balaban J connectivity index is 1.68. The Morgan fingerprint density at radius 1 is 1.37 bits per heavy atom. The van der Waals surface area contributed by atoms with Crippen molar-refractivity contribution in [3.05, 3.63) is 33.8 Å². The molecule has 0 aromatic carbocycles. The molecule has 0 unspecified atom stereocenters. The minimum atomic E-state index is -4.58. The molecule has 190 valence electrons. The van der Waals surface area contributed by atoms with Crippen molar-refractivity contribution < 1.29 is 37.2 Å². The van der Waals surface area contributed by atoms with Gasteiger partial charge in [0.25, 0.3) is 5.91 Å². The molecule has 3 heterocycles. The first kappa shape index (κ1) is 24.8. The molecule has 1 aliphatic heterocycles. The monoisotopic (exact) mass is 498 g/mol. The van der Waals surface area contributed by atoms with E-state index in [1.807, 2.05) is 13.8 Å². The number of morpholine rings is 1. The van der Waals surface area contributed by atoms with Crippen molar-refractivity contribution in [2.75, 3.05) is 19.7 Å². The molecule has 2 aliphatic rings. The van der Waals surface area contributed by atoms with Crippen LogP contribution in [0.1, 0.15) is 42.6 Å². The second-order valence-electron chi connectivity index (χ2n) is 9.16. The zero-order valence-corrected chi connectivity index (χ0v) is 19.3. The third-order valence-corrected chi connectivity index (χ3v) is 5.81. The van der Waals surface area contributed by atoms with Gasteiger partial charge in [-0.05, 0) is 24.8 Å². The van der Waals surface area contributed by atoms with Gasteiger partial charge in [-0.2, -0.15) is 17.7 Å². The van der Waals surface area contributed by atoms with Gasteiger partial charge in [-0.25, -0.2) is 9.89 Å². The summed E-state index contributed by atoms with van der Waals surface area (Å²) in [5, 5.41) is 16.3. The standard InChI is InChI=1S/C22H26F3N5O5/c1-12(2)10-29-19-13(3-6-16(31)28-7-8-35-15(11-28)22(23,24)25)9-26-30(19)21(34)17(20(29)33)18(32)27-14-4-5-14/h3,6,9,12,14-15H,4-5,7-8,10-11H2,1-2H3,(H2,27,32,33,34)/p+1/b6-3+/t15-/m0/s1. The summed E-state index contributed by atoms with van der Waals surface area (Å²) < 4.78 is 46.2. The van der Waals surface area contributed by atoms with Crippen LogP contribution in [0, 0.1) is 5.92 Å². The Morgan fingerprint density at radius 2 is 2.09 bits per heavy atom. The van der Waals surface area contributed by atoms with Crippen molar-refractivity contribution in [1.29, 1.82) is 0 Å². The van der Waals surface area contributed by atoms with E-state index in [1.54, 1.807) is 0 Å². The van der Waals surface area contributed by atoms with Crippen LogP contribution < -0.4 is 15.4 Å². The fourth-order valence-corrected chi connectivity index (χ4v) is 3.92. The lowest BCUT2D eigenvalue weighted by atomic mass is 10.2. The van der Waals surface area contributed by atoms with Gasteiger partial charge in [0.2, 0.25) is 11.5 Å². The lowest BCUT2D eigenvalue weighted by Crippen LogP contribution is -2.50. The second kappa shape index (κ2) is 9.36. The fourth-order valence-electron chi connectivity index (χ4n) is 3.92. The predicted octanol–water partition coefficient (Wildman–Crippen LogP) is 0.972. The Bertz CT molecular complexity index is 1230. The van der Waals surface area contributed by atoms with Gasteiger partial charge in [-0.15, -0.1) is 0 Å². The molecule has 2 aromatic rings. The summed E-state index contributed by atoms with van der Waals surface area (Å²) in [6.45, 7) is 3.19. The third kappa shape index (κ3) is 5.19. The number of ether oxygens (including phenoxy) is 1. The topological polar surface area (TPSA) is 120 Å². The molecule has 13 heteroatoms. The van der Waals surface area contributed by atoms with Gasteiger partial charge in [-0.1, -0.05) is 18.4 Å². The predicted molar refractivity (Wildman–Crippen MR) is 117 cm³/mol. The van der Waals surface area contributed by atoms with Gasteiger partial charge >= 0.3 is 23.3 Å². The van der Waals surface area contributed by atoms with Crippen LogP contribution in [0.5, 0.6) is 5.88 Å². The molecule has 35 heavy (non-hydrogen) atoms. The highest BCUT2D eigenvalue weighted by molar-refractivity contribution is 5.96. The Labute approximate surface area is 198 Å². The van der Waals surface area contributed by atoms with Crippen LogP contribution in [-0.2, 0) is 16.1 Å². The number of aromatic nitrogens is 3. The zero-order chi connectivity index (χ0) is 25.5. The molecule has 10 nitrogen and oxygen atoms in total. The summed E-state index contributed by atoms with van der Waals surface area (Å²) in [5.74, 6) is -1.80. The van der Waals surface area contributed by atoms with Crippen LogP contribution in [0.4, 0.5) is 13.2 Å². The number of rotatable bonds is 6. The number of H-pyrrole nitrogens is 1. The molecule has 1 aliphatic carbocycles. The average Bonchev–Trinajstić information content (AvgIpc) is 3.49. The minimum Gasteiger partial charge on any atom is -0.477 e. The van der Waals surface area contributed by atoms with E-state index in [-0.39, 0.29) is 37.3 Å². The first-order chi connectivity index (χ1) is 16.5. The van der Waals surface area contributed by atoms with Crippen molar-refractivity contribution in [3.8, 4) is 5.88 Å². The number of nitrogens with one attached hydrogen (secondary N) is 2. The van der Waals surface area contributed by atoms with Crippen molar-refractivity contribution in [3.63, 3.8) is 0 Å². The molecule has 3 N–H and O–H groups in total. The SMILES string of the molecule is CC(C)C[n+]1c(O)c(C(=O)NC2CC2)c(=O)n2[nH]cc(/C=C/C(=O)N3CCO[C@H](C(F)(F)F)C3)c21. The lowest BCUT2D eigenvalue weighted by molar-refractivity contribution is -0.686. The van der Waals surface area contributed by atoms with Gasteiger partial charge in [0.15, 0.2) is 6.10 Å². The maximum Gasteiger partial charge on any atom is 0.416 e. The summed E-state index contributed by atoms with van der Waals surface area (Å²) in [6.07, 6.45) is -1.14. The minimum absolute atomic E-state index is 0.0106. The van der Waals surface area contributed by atoms with E-state index >= 15 is 0 Å². The van der Waals surface area contributed by atoms with Gasteiger partial charge in [0, 0.05) is 18.7 Å². The molecule has 0 bridgehead atoms. The zero-order valence-electron chi connectivity index (χ0n) is 19.3. The molecule has 0 spiro atoms. The van der Waals surface area contributed by atoms with Gasteiger partial charge < -0.3 is 20.1 Å². The number of nitrogens with zero attached hydrogens (tertiary/aromatic N) is 3. The molecule has 2 fully saturated rings. The summed E-state index contributed by atoms with van der Waals surface area (Å²) in [5.41, 5.74) is -0.609. The lowest BCUT2D eigenvalue weighted by Gasteiger charge is -2.33. The van der Waals surface area contributed by atoms with Crippen LogP contribution in [0.25, 0.3) is 11.7 Å². The quantitative estimate of drug-likeness (QED) is 0.405. The van der Waals surface area contributed by atoms with E-state index < -0.39 is 47.6 Å². The Morgan fingerprint density at radius 3 is 2.71 bits per heavy atom. The summed E-state index contributed by atoms with van der Waals surface area (Å²) >= 11 is 0. The molecule has 1 saturated carbocycles. The van der Waals surface area contributed by atoms with E-state index in [0.717, 1.165) is 28.3 Å². The van der Waals surface area contributed by atoms with Crippen molar-refractivity contribution in [2.45, 2.75) is 51.6 Å². The maximum atomic E-state index is 13.0. The molecule has 2 amide bonds. The van der Waals surface area contributed by atoms with Gasteiger partial charge in [0.05, 0.1) is 31.5 Å². The highest BCUT2D eigenvalue weighted by Crippen LogP contribution is 2.26. The normalized spacial score (nSPS) is 19.1. The number of carbonyl (C=O) groups excluding carboxylic acids is 2. The summed E-state index contributed by atoms with van der Waals surface area (Å²) in [4.78, 5) is 39.3. The van der Waals surface area contributed by atoms with E-state index in [4.69, 9.17) is 4.74 Å². The maximum absolute atomic E-state index is 13.0. The number of carbonyl (C=O) groups is 2. The summed E-state index contributed by atoms with van der Waals surface area (Å²) in [7, 11) is 0. The van der Waals surface area contributed by atoms with Crippen LogP contribution in [0.3, 0.4) is 0 Å². The molecule has 2 aromatic heterocycles. The molecular weight excluding hydrogens is 471 g/mol. The van der Waals surface area contributed by atoms with Crippen LogP contribution >= 0.6 is 0 Å². The van der Waals surface area contributed by atoms with Crippen molar-refractivity contribution >= 4 is 23.5 Å². The number of fused-ring (bicyclic) bond motifs is 1. The molecule has 4 rings (SSSR count). The largest absolute Gasteiger partial charge is 0.477 e. The fraction of sp³-hybridized carbons (Fsp3) is 0.545. The number of aromatic amines is 1. The van der Waals surface area contributed by atoms with E-state index in [0.29, 0.717) is 5.56 Å². The molecule has 1 atom stereocenters.